The fraction of sp³-hybridized carbons (Fsp3) is 0.300. The summed E-state index contributed by atoms with van der Waals surface area (Å²) in [7, 11) is 0. The maximum absolute atomic E-state index is 10.6. The summed E-state index contributed by atoms with van der Waals surface area (Å²) in [5, 5.41) is 2.71. The van der Waals surface area contributed by atoms with E-state index in [1.807, 2.05) is 13.8 Å². The number of amides is 1. The Morgan fingerprint density at radius 2 is 2.15 bits per heavy atom. The van der Waals surface area contributed by atoms with Gasteiger partial charge in [-0.1, -0.05) is 23.8 Å². The largest absolute Gasteiger partial charge is 0.343 e. The van der Waals surface area contributed by atoms with Crippen LogP contribution in [0.15, 0.2) is 18.2 Å². The van der Waals surface area contributed by atoms with Crippen molar-refractivity contribution in [3.8, 4) is 0 Å². The molecule has 3 heteroatoms. The van der Waals surface area contributed by atoms with Gasteiger partial charge in [-0.05, 0) is 25.0 Å². The molecule has 2 nitrogen and oxygen atoms in total. The van der Waals surface area contributed by atoms with Crippen LogP contribution in [0.1, 0.15) is 16.7 Å². The van der Waals surface area contributed by atoms with Crippen LogP contribution in [-0.2, 0) is 6.54 Å². The molecule has 1 N–H and O–H groups in total. The molecular formula is C10H12BrNO. The lowest BCUT2D eigenvalue weighted by molar-refractivity contribution is 0.261. The first-order valence-corrected chi connectivity index (χ1v) is 4.88. The number of hydrogen-bond donors (Lipinski definition) is 1. The van der Waals surface area contributed by atoms with Crippen molar-refractivity contribution >= 4 is 20.7 Å². The zero-order valence-electron chi connectivity index (χ0n) is 7.73. The normalized spacial score (nSPS) is 9.77. The fourth-order valence-electron chi connectivity index (χ4n) is 1.16. The Hall–Kier alpha value is -0.830. The van der Waals surface area contributed by atoms with Crippen LogP contribution >= 0.6 is 15.9 Å². The average molecular weight is 242 g/mol. The topological polar surface area (TPSA) is 29.1 Å². The number of carbonyl (C=O) groups excluding carboxylic acids is 1. The van der Waals surface area contributed by atoms with E-state index in [1.54, 1.807) is 0 Å². The molecule has 0 bridgehead atoms. The second-order valence-electron chi connectivity index (χ2n) is 3.06. The van der Waals surface area contributed by atoms with Crippen LogP contribution in [0.25, 0.3) is 0 Å². The van der Waals surface area contributed by atoms with Gasteiger partial charge in [0.25, 0.3) is 4.82 Å². The first-order chi connectivity index (χ1) is 6.09. The van der Waals surface area contributed by atoms with Gasteiger partial charge in [-0.15, -0.1) is 0 Å². The van der Waals surface area contributed by atoms with Crippen molar-refractivity contribution in [1.29, 1.82) is 0 Å². The highest BCUT2D eigenvalue weighted by Gasteiger charge is 1.99. The van der Waals surface area contributed by atoms with Crippen molar-refractivity contribution < 1.29 is 4.79 Å². The third-order valence-corrected chi connectivity index (χ3v) is 2.20. The first kappa shape index (κ1) is 10.3. The Morgan fingerprint density at radius 1 is 1.46 bits per heavy atom. The molecule has 0 unspecified atom stereocenters. The summed E-state index contributed by atoms with van der Waals surface area (Å²) in [5.41, 5.74) is 3.57. The molecule has 1 amide bonds. The molecule has 1 aromatic rings. The predicted molar refractivity (Wildman–Crippen MR) is 57.1 cm³/mol. The molecule has 1 rings (SSSR count). The lowest BCUT2D eigenvalue weighted by Gasteiger charge is -2.06. The summed E-state index contributed by atoms with van der Waals surface area (Å²) in [6, 6.07) is 6.21. The zero-order chi connectivity index (χ0) is 9.84. The first-order valence-electron chi connectivity index (χ1n) is 4.09. The number of hydrogen-bond acceptors (Lipinski definition) is 1. The summed E-state index contributed by atoms with van der Waals surface area (Å²) in [6.07, 6.45) is 0. The molecule has 0 radical (unpaired) electrons. The van der Waals surface area contributed by atoms with Crippen LogP contribution in [0, 0.1) is 13.8 Å². The second-order valence-corrected chi connectivity index (χ2v) is 3.78. The van der Waals surface area contributed by atoms with Gasteiger partial charge in [0.15, 0.2) is 0 Å². The van der Waals surface area contributed by atoms with Crippen molar-refractivity contribution in [2.75, 3.05) is 0 Å². The van der Waals surface area contributed by atoms with Gasteiger partial charge in [0.2, 0.25) is 0 Å². The van der Waals surface area contributed by atoms with Gasteiger partial charge >= 0.3 is 0 Å². The maximum Gasteiger partial charge on any atom is 0.287 e. The molecule has 0 spiro atoms. The van der Waals surface area contributed by atoms with E-state index in [0.29, 0.717) is 6.54 Å². The second kappa shape index (κ2) is 4.42. The van der Waals surface area contributed by atoms with E-state index in [2.05, 4.69) is 39.4 Å². The van der Waals surface area contributed by atoms with Crippen LogP contribution < -0.4 is 5.32 Å². The van der Waals surface area contributed by atoms with Gasteiger partial charge in [-0.2, -0.15) is 0 Å². The van der Waals surface area contributed by atoms with Crippen LogP contribution in [0.3, 0.4) is 0 Å². The monoisotopic (exact) mass is 241 g/mol. The molecule has 0 aromatic heterocycles. The molecule has 0 aliphatic heterocycles. The lowest BCUT2D eigenvalue weighted by Crippen LogP contribution is -2.15. The SMILES string of the molecule is Cc1ccc(C)c(CNC(=O)Br)c1. The highest BCUT2D eigenvalue weighted by atomic mass is 79.9. The van der Waals surface area contributed by atoms with E-state index in [4.69, 9.17) is 0 Å². The van der Waals surface area contributed by atoms with Crippen LogP contribution in [0.5, 0.6) is 0 Å². The number of nitrogens with one attached hydrogen (secondary N) is 1. The summed E-state index contributed by atoms with van der Waals surface area (Å²) < 4.78 is 0. The van der Waals surface area contributed by atoms with Crippen molar-refractivity contribution in [2.45, 2.75) is 20.4 Å². The van der Waals surface area contributed by atoms with Gasteiger partial charge in [0.1, 0.15) is 0 Å². The molecule has 0 saturated carbocycles. The smallest absolute Gasteiger partial charge is 0.287 e. The van der Waals surface area contributed by atoms with E-state index in [9.17, 15) is 4.79 Å². The number of benzene rings is 1. The lowest BCUT2D eigenvalue weighted by atomic mass is 10.1. The number of carbonyl (C=O) groups is 1. The molecule has 0 fully saturated rings. The Morgan fingerprint density at radius 3 is 2.77 bits per heavy atom. The minimum absolute atomic E-state index is 0.173. The molecule has 0 saturated heterocycles. The van der Waals surface area contributed by atoms with Crippen LogP contribution in [0.4, 0.5) is 4.79 Å². The van der Waals surface area contributed by atoms with Crippen molar-refractivity contribution in [1.82, 2.24) is 5.32 Å². The van der Waals surface area contributed by atoms with Crippen molar-refractivity contribution in [3.05, 3.63) is 34.9 Å². The molecular weight excluding hydrogens is 230 g/mol. The molecule has 70 valence electrons. The van der Waals surface area contributed by atoms with Gasteiger partial charge in [0, 0.05) is 22.5 Å². The number of halogens is 1. The van der Waals surface area contributed by atoms with Gasteiger partial charge in [-0.25, -0.2) is 0 Å². The van der Waals surface area contributed by atoms with Gasteiger partial charge in [-0.3, -0.25) is 4.79 Å². The minimum Gasteiger partial charge on any atom is -0.343 e. The van der Waals surface area contributed by atoms with Crippen LogP contribution in [-0.4, -0.2) is 4.82 Å². The Labute approximate surface area is 86.5 Å². The van der Waals surface area contributed by atoms with E-state index < -0.39 is 0 Å². The van der Waals surface area contributed by atoms with Gasteiger partial charge < -0.3 is 5.32 Å². The van der Waals surface area contributed by atoms with Crippen molar-refractivity contribution in [3.63, 3.8) is 0 Å². The molecule has 0 aliphatic rings. The Bertz CT molecular complexity index is 323. The van der Waals surface area contributed by atoms with Crippen LogP contribution in [0.2, 0.25) is 0 Å². The summed E-state index contributed by atoms with van der Waals surface area (Å²) in [5.74, 6) is 0. The Balaban J connectivity index is 2.75. The summed E-state index contributed by atoms with van der Waals surface area (Å²) in [4.78, 5) is 10.4. The van der Waals surface area contributed by atoms with E-state index in [-0.39, 0.29) is 4.82 Å². The molecule has 0 aliphatic carbocycles. The minimum atomic E-state index is -0.173. The maximum atomic E-state index is 10.6. The molecule has 1 aromatic carbocycles. The highest BCUT2D eigenvalue weighted by molar-refractivity contribution is 9.18. The van der Waals surface area contributed by atoms with E-state index in [0.717, 1.165) is 5.56 Å². The standard InChI is InChI=1S/C10H12BrNO/c1-7-3-4-8(2)9(5-7)6-12-10(11)13/h3-5H,6H2,1-2H3,(H,12,13). The fourth-order valence-corrected chi connectivity index (χ4v) is 1.30. The predicted octanol–water partition coefficient (Wildman–Crippen LogP) is 2.91. The molecule has 13 heavy (non-hydrogen) atoms. The quantitative estimate of drug-likeness (QED) is 0.627. The molecule has 0 heterocycles. The molecule has 0 atom stereocenters. The zero-order valence-corrected chi connectivity index (χ0v) is 9.31. The third kappa shape index (κ3) is 3.19. The third-order valence-electron chi connectivity index (χ3n) is 1.92. The number of aryl methyl sites for hydroxylation is 2. The Kier molecular flexibility index (Phi) is 3.48. The highest BCUT2D eigenvalue weighted by Crippen LogP contribution is 2.10. The van der Waals surface area contributed by atoms with E-state index in [1.165, 1.54) is 11.1 Å². The van der Waals surface area contributed by atoms with Gasteiger partial charge in [0.05, 0.1) is 0 Å². The summed E-state index contributed by atoms with van der Waals surface area (Å²) >= 11 is 2.82. The van der Waals surface area contributed by atoms with E-state index >= 15 is 0 Å². The van der Waals surface area contributed by atoms with Crippen molar-refractivity contribution in [2.24, 2.45) is 0 Å². The average Bonchev–Trinajstić information content (AvgIpc) is 2.06. The number of rotatable bonds is 2. The summed E-state index contributed by atoms with van der Waals surface area (Å²) in [6.45, 7) is 4.66.